The van der Waals surface area contributed by atoms with Gasteiger partial charge in [0.25, 0.3) is 5.03 Å². The van der Waals surface area contributed by atoms with Crippen LogP contribution in [0.1, 0.15) is 12.0 Å². The predicted molar refractivity (Wildman–Crippen MR) is 104 cm³/mol. The number of methoxy groups -OCH3 is 1. The molecule has 1 aromatic heterocycles. The molecule has 2 aromatic carbocycles. The largest absolute Gasteiger partial charge is 0.538 e. The van der Waals surface area contributed by atoms with E-state index in [4.69, 9.17) is 20.9 Å². The molecule has 28 heavy (non-hydrogen) atoms. The fourth-order valence-corrected chi connectivity index (χ4v) is 3.52. The number of anilines is 1. The van der Waals surface area contributed by atoms with Crippen LogP contribution in [0.3, 0.4) is 0 Å². The van der Waals surface area contributed by atoms with Crippen LogP contribution in [0.5, 0.6) is 11.7 Å². The number of aromatic nitrogens is 2. The molecule has 3 aromatic rings. The van der Waals surface area contributed by atoms with E-state index in [2.05, 4.69) is 10.6 Å². The minimum Gasteiger partial charge on any atom is -0.538 e. The van der Waals surface area contributed by atoms with E-state index in [1.54, 1.807) is 49.6 Å². The molecule has 1 N–H and O–H groups in total. The van der Waals surface area contributed by atoms with E-state index in [1.807, 2.05) is 6.92 Å². The third kappa shape index (κ3) is 4.58. The summed E-state index contributed by atoms with van der Waals surface area (Å²) < 4.78 is 11.3. The molecule has 0 saturated carbocycles. The lowest BCUT2D eigenvalue weighted by atomic mass is 10.2. The third-order valence-corrected chi connectivity index (χ3v) is 5.43. The van der Waals surface area contributed by atoms with E-state index < -0.39 is 5.95 Å². The topological polar surface area (TPSA) is 91.3 Å². The maximum atomic E-state index is 12.2. The van der Waals surface area contributed by atoms with Gasteiger partial charge in [0.05, 0.1) is 12.4 Å². The molecule has 0 spiro atoms. The number of carbonyl (C=O) groups is 1. The van der Waals surface area contributed by atoms with Crippen molar-refractivity contribution in [2.24, 2.45) is 0 Å². The monoisotopic (exact) mass is 419 g/mol. The molecule has 0 saturated heterocycles. The van der Waals surface area contributed by atoms with Gasteiger partial charge < -0.3 is 19.7 Å². The molecule has 0 aliphatic rings. The van der Waals surface area contributed by atoms with Crippen molar-refractivity contribution in [3.63, 3.8) is 0 Å². The number of nitrogens with one attached hydrogen (secondary N) is 1. The molecular formula is C19H18ClN3O4S. The Morgan fingerprint density at radius 2 is 2.07 bits per heavy atom. The molecule has 0 unspecified atom stereocenters. The van der Waals surface area contributed by atoms with E-state index in [0.717, 1.165) is 5.56 Å². The van der Waals surface area contributed by atoms with E-state index in [1.165, 1.54) is 16.4 Å². The highest BCUT2D eigenvalue weighted by Crippen LogP contribution is 2.26. The smallest absolute Gasteiger partial charge is 0.297 e. The zero-order valence-electron chi connectivity index (χ0n) is 15.3. The molecule has 1 heterocycles. The summed E-state index contributed by atoms with van der Waals surface area (Å²) in [5, 5.41) is 19.5. The first-order valence-corrected chi connectivity index (χ1v) is 9.77. The maximum absolute atomic E-state index is 12.2. The first-order valence-electron chi connectivity index (χ1n) is 8.41. The summed E-state index contributed by atoms with van der Waals surface area (Å²) in [4.78, 5) is 12.2. The summed E-state index contributed by atoms with van der Waals surface area (Å²) in [6.45, 7) is 1.84. The van der Waals surface area contributed by atoms with Gasteiger partial charge in [-0.25, -0.2) is 0 Å². The Kier molecular flexibility index (Phi) is 6.43. The highest BCUT2D eigenvalue weighted by Gasteiger charge is 2.21. The fraction of sp³-hybridized carbons (Fsp3) is 0.211. The third-order valence-electron chi connectivity index (χ3n) is 4.00. The number of amides is 1. The zero-order valence-corrected chi connectivity index (χ0v) is 16.8. The van der Waals surface area contributed by atoms with Gasteiger partial charge in [0.15, 0.2) is 5.95 Å². The Hall–Kier alpha value is -2.71. The van der Waals surface area contributed by atoms with Crippen LogP contribution in [0.2, 0.25) is 5.02 Å². The molecule has 1 amide bonds. The first-order chi connectivity index (χ1) is 13.5. The standard InChI is InChI=1S/C19H18ClN3O4S/c1-12-15(20)4-3-5-16(12)21-17(24)10-11-28-18-19(25)27-22-23(18)13-6-8-14(26-2)9-7-13/h3-9H,10-11H2,1-2H3,(H-,21,22,24,25). The first kappa shape index (κ1) is 20.0. The molecule has 7 nitrogen and oxygen atoms in total. The molecule has 146 valence electrons. The number of hydrogen-bond acceptors (Lipinski definition) is 6. The highest BCUT2D eigenvalue weighted by molar-refractivity contribution is 7.99. The van der Waals surface area contributed by atoms with Gasteiger partial charge in [-0.2, -0.15) is 0 Å². The summed E-state index contributed by atoms with van der Waals surface area (Å²) in [7, 11) is 1.57. The van der Waals surface area contributed by atoms with E-state index >= 15 is 0 Å². The van der Waals surface area contributed by atoms with Crippen molar-refractivity contribution in [1.29, 1.82) is 0 Å². The lowest BCUT2D eigenvalue weighted by Gasteiger charge is -2.09. The van der Waals surface area contributed by atoms with E-state index in [9.17, 15) is 9.90 Å². The summed E-state index contributed by atoms with van der Waals surface area (Å²) in [6.07, 6.45) is 0.212. The summed E-state index contributed by atoms with van der Waals surface area (Å²) in [5.74, 6) is 0.361. The van der Waals surface area contributed by atoms with Gasteiger partial charge in [0.1, 0.15) is 5.75 Å². The Morgan fingerprint density at radius 3 is 2.79 bits per heavy atom. The Morgan fingerprint density at radius 1 is 1.32 bits per heavy atom. The van der Waals surface area contributed by atoms with Crippen LogP contribution >= 0.6 is 23.4 Å². The van der Waals surface area contributed by atoms with Gasteiger partial charge in [-0.15, -0.1) is 0 Å². The van der Waals surface area contributed by atoms with Crippen molar-refractivity contribution >= 4 is 35.0 Å². The van der Waals surface area contributed by atoms with Crippen molar-refractivity contribution in [2.45, 2.75) is 18.4 Å². The van der Waals surface area contributed by atoms with Crippen LogP contribution in [0.25, 0.3) is 5.69 Å². The molecule has 0 aliphatic carbocycles. The number of ether oxygens (including phenoxy) is 1. The molecule has 3 rings (SSSR count). The van der Waals surface area contributed by atoms with Crippen LogP contribution in [0.4, 0.5) is 5.69 Å². The molecular weight excluding hydrogens is 402 g/mol. The number of carbonyl (C=O) groups excluding carboxylic acids is 1. The van der Waals surface area contributed by atoms with E-state index in [-0.39, 0.29) is 12.3 Å². The number of halogens is 1. The quantitative estimate of drug-likeness (QED) is 0.467. The number of hydrogen-bond donors (Lipinski definition) is 1. The second kappa shape index (κ2) is 8.99. The van der Waals surface area contributed by atoms with Crippen molar-refractivity contribution in [1.82, 2.24) is 5.27 Å². The normalized spacial score (nSPS) is 10.7. The van der Waals surface area contributed by atoms with E-state index in [0.29, 0.717) is 32.9 Å². The van der Waals surface area contributed by atoms with Crippen LogP contribution in [0, 0.1) is 6.92 Å². The molecule has 9 heteroatoms. The van der Waals surface area contributed by atoms with Gasteiger partial charge >= 0.3 is 0 Å². The average molecular weight is 420 g/mol. The molecule has 0 fully saturated rings. The van der Waals surface area contributed by atoms with Gasteiger partial charge in [0.2, 0.25) is 11.6 Å². The Bertz CT molecular complexity index is 976. The van der Waals surface area contributed by atoms with Crippen molar-refractivity contribution < 1.29 is 23.8 Å². The van der Waals surface area contributed by atoms with Gasteiger partial charge in [-0.05, 0) is 41.4 Å². The summed E-state index contributed by atoms with van der Waals surface area (Å²) in [5.41, 5.74) is 2.14. The number of nitrogens with zero attached hydrogens (tertiary/aromatic N) is 2. The average Bonchev–Trinajstić information content (AvgIpc) is 3.06. The van der Waals surface area contributed by atoms with Crippen molar-refractivity contribution in [3.8, 4) is 17.4 Å². The molecule has 0 bridgehead atoms. The SMILES string of the molecule is COc1ccc(-[n+]2noc([O-])c2SCCC(=O)Nc2cccc(Cl)c2C)cc1. The lowest BCUT2D eigenvalue weighted by Crippen LogP contribution is -2.34. The van der Waals surface area contributed by atoms with Gasteiger partial charge in [-0.3, -0.25) is 4.79 Å². The Labute approximate surface area is 171 Å². The predicted octanol–water partition coefficient (Wildman–Crippen LogP) is 3.12. The number of benzene rings is 2. The summed E-state index contributed by atoms with van der Waals surface area (Å²) >= 11 is 7.27. The lowest BCUT2D eigenvalue weighted by molar-refractivity contribution is -0.705. The van der Waals surface area contributed by atoms with Crippen LogP contribution in [-0.2, 0) is 4.79 Å². The molecule has 0 radical (unpaired) electrons. The van der Waals surface area contributed by atoms with Crippen LogP contribution < -0.4 is 19.8 Å². The van der Waals surface area contributed by atoms with Crippen LogP contribution in [0.15, 0.2) is 52.0 Å². The second-order valence-electron chi connectivity index (χ2n) is 5.83. The number of thioether (sulfide) groups is 1. The maximum Gasteiger partial charge on any atom is 0.297 e. The van der Waals surface area contributed by atoms with Gasteiger partial charge in [0, 0.05) is 35.0 Å². The van der Waals surface area contributed by atoms with Crippen molar-refractivity contribution in [3.05, 3.63) is 53.1 Å². The minimum atomic E-state index is -0.549. The fourth-order valence-electron chi connectivity index (χ4n) is 2.44. The van der Waals surface area contributed by atoms with Crippen molar-refractivity contribution in [2.75, 3.05) is 18.2 Å². The highest BCUT2D eigenvalue weighted by atomic mass is 35.5. The minimum absolute atomic E-state index is 0.169. The molecule has 0 aliphatic heterocycles. The Balaban J connectivity index is 1.62. The summed E-state index contributed by atoms with van der Waals surface area (Å²) in [6, 6.07) is 12.4. The van der Waals surface area contributed by atoms with Gasteiger partial charge in [-0.1, -0.05) is 29.4 Å². The number of rotatable bonds is 7. The molecule has 0 atom stereocenters. The second-order valence-corrected chi connectivity index (χ2v) is 7.33. The van der Waals surface area contributed by atoms with Crippen LogP contribution in [-0.4, -0.2) is 24.0 Å². The zero-order chi connectivity index (χ0) is 20.1.